The van der Waals surface area contributed by atoms with Crippen molar-refractivity contribution in [3.8, 4) is 5.69 Å². The average Bonchev–Trinajstić information content (AvgIpc) is 2.93. The van der Waals surface area contributed by atoms with E-state index in [4.69, 9.17) is 0 Å². The van der Waals surface area contributed by atoms with Crippen LogP contribution in [0.3, 0.4) is 0 Å². The van der Waals surface area contributed by atoms with Gasteiger partial charge in [0.15, 0.2) is 0 Å². The molecule has 0 N–H and O–H groups in total. The van der Waals surface area contributed by atoms with Crippen LogP contribution in [0.15, 0.2) is 30.5 Å². The highest BCUT2D eigenvalue weighted by Crippen LogP contribution is 2.35. The summed E-state index contributed by atoms with van der Waals surface area (Å²) in [5.74, 6) is 0. The first-order valence-electron chi connectivity index (χ1n) is 6.47. The Labute approximate surface area is 108 Å². The van der Waals surface area contributed by atoms with Crippen LogP contribution in [0.2, 0.25) is 0 Å². The Morgan fingerprint density at radius 1 is 1.28 bits per heavy atom. The second kappa shape index (κ2) is 4.25. The van der Waals surface area contributed by atoms with Crippen molar-refractivity contribution < 1.29 is 0 Å². The lowest BCUT2D eigenvalue weighted by Gasteiger charge is -2.20. The Kier molecular flexibility index (Phi) is 2.71. The maximum atomic E-state index is 4.48. The van der Waals surface area contributed by atoms with Gasteiger partial charge in [0.25, 0.3) is 0 Å². The van der Waals surface area contributed by atoms with Crippen molar-refractivity contribution in [2.75, 3.05) is 14.1 Å². The summed E-state index contributed by atoms with van der Waals surface area (Å²) in [6, 6.07) is 9.31. The van der Waals surface area contributed by atoms with Gasteiger partial charge in [-0.25, -0.2) is 4.68 Å². The monoisotopic (exact) mass is 241 g/mol. The van der Waals surface area contributed by atoms with Gasteiger partial charge in [-0.05, 0) is 63.2 Å². The molecule has 0 aliphatic heterocycles. The first-order valence-corrected chi connectivity index (χ1v) is 6.47. The summed E-state index contributed by atoms with van der Waals surface area (Å²) >= 11 is 0. The minimum absolute atomic E-state index is 0.552. The summed E-state index contributed by atoms with van der Waals surface area (Å²) in [5.41, 5.74) is 5.17. The highest BCUT2D eigenvalue weighted by molar-refractivity contribution is 5.44. The van der Waals surface area contributed by atoms with Gasteiger partial charge in [-0.3, -0.25) is 0 Å². The van der Waals surface area contributed by atoms with Gasteiger partial charge in [-0.15, -0.1) is 0 Å². The molecule has 2 aromatic rings. The summed E-state index contributed by atoms with van der Waals surface area (Å²) in [6.07, 6.45) is 4.44. The topological polar surface area (TPSA) is 21.1 Å². The molecule has 1 aromatic heterocycles. The van der Waals surface area contributed by atoms with Crippen LogP contribution in [0.1, 0.15) is 29.3 Å². The third-order valence-electron chi connectivity index (χ3n) is 3.79. The van der Waals surface area contributed by atoms with Crippen molar-refractivity contribution in [1.82, 2.24) is 14.7 Å². The predicted octanol–water partition coefficient (Wildman–Crippen LogP) is 2.73. The summed E-state index contributed by atoms with van der Waals surface area (Å²) in [6.45, 7) is 2.02. The zero-order chi connectivity index (χ0) is 12.7. The Balaban J connectivity index is 2.03. The quantitative estimate of drug-likeness (QED) is 0.806. The van der Waals surface area contributed by atoms with E-state index in [2.05, 4.69) is 42.3 Å². The fourth-order valence-corrected chi connectivity index (χ4v) is 2.81. The SMILES string of the molecule is Cc1ccn(-c2ccc3c(c2)C(N(C)C)CC3)n1. The molecule has 3 heteroatoms. The average molecular weight is 241 g/mol. The van der Waals surface area contributed by atoms with Crippen LogP contribution in [0, 0.1) is 6.92 Å². The van der Waals surface area contributed by atoms with E-state index >= 15 is 0 Å². The first-order chi connectivity index (χ1) is 8.65. The fourth-order valence-electron chi connectivity index (χ4n) is 2.81. The number of aryl methyl sites for hydroxylation is 2. The number of rotatable bonds is 2. The standard InChI is InChI=1S/C15H19N3/c1-11-8-9-18(16-11)13-6-4-12-5-7-15(17(2)3)14(12)10-13/h4,6,8-10,15H,5,7H2,1-3H3. The van der Waals surface area contributed by atoms with Crippen LogP contribution in [0.4, 0.5) is 0 Å². The zero-order valence-corrected chi connectivity index (χ0v) is 11.2. The molecule has 1 atom stereocenters. The zero-order valence-electron chi connectivity index (χ0n) is 11.2. The van der Waals surface area contributed by atoms with Crippen molar-refractivity contribution in [2.45, 2.75) is 25.8 Å². The molecule has 94 valence electrons. The molecule has 3 rings (SSSR count). The van der Waals surface area contributed by atoms with Crippen molar-refractivity contribution in [3.63, 3.8) is 0 Å². The van der Waals surface area contributed by atoms with Gasteiger partial charge in [0, 0.05) is 12.2 Å². The normalized spacial score (nSPS) is 18.3. The van der Waals surface area contributed by atoms with E-state index in [1.807, 2.05) is 23.9 Å². The molecule has 1 aliphatic rings. The molecule has 18 heavy (non-hydrogen) atoms. The van der Waals surface area contributed by atoms with E-state index in [-0.39, 0.29) is 0 Å². The number of benzene rings is 1. The highest BCUT2D eigenvalue weighted by atomic mass is 15.3. The Hall–Kier alpha value is -1.61. The van der Waals surface area contributed by atoms with Gasteiger partial charge in [-0.1, -0.05) is 6.07 Å². The second-order valence-corrected chi connectivity index (χ2v) is 5.30. The minimum Gasteiger partial charge on any atom is -0.302 e. The van der Waals surface area contributed by atoms with Gasteiger partial charge in [0.2, 0.25) is 0 Å². The summed E-state index contributed by atoms with van der Waals surface area (Å²) in [7, 11) is 4.31. The van der Waals surface area contributed by atoms with Crippen LogP contribution >= 0.6 is 0 Å². The van der Waals surface area contributed by atoms with E-state index < -0.39 is 0 Å². The third-order valence-corrected chi connectivity index (χ3v) is 3.79. The van der Waals surface area contributed by atoms with Crippen molar-refractivity contribution >= 4 is 0 Å². The molecule has 1 unspecified atom stereocenters. The second-order valence-electron chi connectivity index (χ2n) is 5.30. The van der Waals surface area contributed by atoms with Gasteiger partial charge in [-0.2, -0.15) is 5.10 Å². The van der Waals surface area contributed by atoms with Crippen molar-refractivity contribution in [1.29, 1.82) is 0 Å². The van der Waals surface area contributed by atoms with Gasteiger partial charge < -0.3 is 4.90 Å². The van der Waals surface area contributed by atoms with Gasteiger partial charge in [0.05, 0.1) is 11.4 Å². The van der Waals surface area contributed by atoms with E-state index in [1.165, 1.54) is 24.0 Å². The van der Waals surface area contributed by atoms with Crippen LogP contribution in [-0.2, 0) is 6.42 Å². The predicted molar refractivity (Wildman–Crippen MR) is 73.1 cm³/mol. The molecule has 0 bridgehead atoms. The van der Waals surface area contributed by atoms with E-state index in [0.29, 0.717) is 6.04 Å². The molecule has 0 spiro atoms. The lowest BCUT2D eigenvalue weighted by Crippen LogP contribution is -2.17. The number of hydrogen-bond donors (Lipinski definition) is 0. The third kappa shape index (κ3) is 1.85. The molecule has 1 aromatic carbocycles. The van der Waals surface area contributed by atoms with Crippen LogP contribution < -0.4 is 0 Å². The van der Waals surface area contributed by atoms with E-state index in [0.717, 1.165) is 11.4 Å². The van der Waals surface area contributed by atoms with Crippen LogP contribution in [0.5, 0.6) is 0 Å². The van der Waals surface area contributed by atoms with Crippen molar-refractivity contribution in [3.05, 3.63) is 47.3 Å². The summed E-state index contributed by atoms with van der Waals surface area (Å²) in [4.78, 5) is 2.31. The maximum absolute atomic E-state index is 4.48. The number of fused-ring (bicyclic) bond motifs is 1. The molecular formula is C15H19N3. The Morgan fingerprint density at radius 3 is 2.78 bits per heavy atom. The van der Waals surface area contributed by atoms with E-state index in [9.17, 15) is 0 Å². The fraction of sp³-hybridized carbons (Fsp3) is 0.400. The first kappa shape index (κ1) is 11.5. The van der Waals surface area contributed by atoms with Gasteiger partial charge >= 0.3 is 0 Å². The maximum Gasteiger partial charge on any atom is 0.0649 e. The number of nitrogens with zero attached hydrogens (tertiary/aromatic N) is 3. The molecule has 0 amide bonds. The van der Waals surface area contributed by atoms with Crippen molar-refractivity contribution in [2.24, 2.45) is 0 Å². The smallest absolute Gasteiger partial charge is 0.0649 e. The molecule has 0 fully saturated rings. The van der Waals surface area contributed by atoms with Crippen LogP contribution in [0.25, 0.3) is 5.69 Å². The molecule has 3 nitrogen and oxygen atoms in total. The Bertz CT molecular complexity index is 569. The molecule has 0 saturated carbocycles. The lowest BCUT2D eigenvalue weighted by molar-refractivity contribution is 0.299. The summed E-state index contributed by atoms with van der Waals surface area (Å²) < 4.78 is 1.96. The lowest BCUT2D eigenvalue weighted by atomic mass is 10.1. The molecule has 0 saturated heterocycles. The molecule has 0 radical (unpaired) electrons. The Morgan fingerprint density at radius 2 is 2.11 bits per heavy atom. The van der Waals surface area contributed by atoms with Gasteiger partial charge in [0.1, 0.15) is 0 Å². The highest BCUT2D eigenvalue weighted by Gasteiger charge is 2.24. The van der Waals surface area contributed by atoms with Crippen LogP contribution in [-0.4, -0.2) is 28.8 Å². The molecular weight excluding hydrogens is 222 g/mol. The minimum atomic E-state index is 0.552. The molecule has 1 aliphatic carbocycles. The molecule has 1 heterocycles. The largest absolute Gasteiger partial charge is 0.302 e. The number of aromatic nitrogens is 2. The number of hydrogen-bond acceptors (Lipinski definition) is 2. The summed E-state index contributed by atoms with van der Waals surface area (Å²) in [5, 5.41) is 4.48. The van der Waals surface area contributed by atoms with E-state index in [1.54, 1.807) is 0 Å².